The van der Waals surface area contributed by atoms with Gasteiger partial charge < -0.3 is 14.2 Å². The van der Waals surface area contributed by atoms with Crippen LogP contribution in [0.4, 0.5) is 0 Å². The molecule has 0 N–H and O–H groups in total. The normalized spacial score (nSPS) is 24.3. The number of aldehydes is 1. The molecule has 0 aromatic heterocycles. The number of hydrogen-bond acceptors (Lipinski definition) is 4. The van der Waals surface area contributed by atoms with Crippen molar-refractivity contribution in [1.82, 2.24) is 0 Å². The minimum Gasteiger partial charge on any atom is -0.439 e. The Kier molecular flexibility index (Phi) is 3.76. The minimum absolute atomic E-state index is 0.619. The maximum atomic E-state index is 10.5. The third-order valence-corrected chi connectivity index (χ3v) is 2.80. The maximum absolute atomic E-state index is 10.5. The highest BCUT2D eigenvalue weighted by molar-refractivity contribution is 5.74. The summed E-state index contributed by atoms with van der Waals surface area (Å²) in [6.45, 7) is 0.639. The van der Waals surface area contributed by atoms with Crippen molar-refractivity contribution in [1.29, 1.82) is 0 Å². The van der Waals surface area contributed by atoms with Crippen LogP contribution >= 0.6 is 0 Å². The fraction of sp³-hybridized carbons (Fsp3) is 0.462. The van der Waals surface area contributed by atoms with Gasteiger partial charge in [-0.15, -0.1) is 0 Å². The summed E-state index contributed by atoms with van der Waals surface area (Å²) in [5.74, 6) is -0.333. The molecule has 17 heavy (non-hydrogen) atoms. The van der Waals surface area contributed by atoms with E-state index in [1.54, 1.807) is 31.4 Å². The number of hydrogen-bond donors (Lipinski definition) is 0. The second-order valence-corrected chi connectivity index (χ2v) is 3.98. The Hall–Kier alpha value is -1.39. The van der Waals surface area contributed by atoms with Crippen molar-refractivity contribution in [2.75, 3.05) is 13.7 Å². The van der Waals surface area contributed by atoms with Crippen LogP contribution in [0.25, 0.3) is 0 Å². The first-order chi connectivity index (χ1) is 8.28. The van der Waals surface area contributed by atoms with Crippen LogP contribution in [0.15, 0.2) is 24.3 Å². The van der Waals surface area contributed by atoms with Crippen LogP contribution in [0.1, 0.15) is 29.6 Å². The van der Waals surface area contributed by atoms with Gasteiger partial charge in [-0.2, -0.15) is 0 Å². The number of carbonyl (C=O) groups is 1. The molecule has 4 nitrogen and oxygen atoms in total. The second-order valence-electron chi connectivity index (χ2n) is 3.98. The highest BCUT2D eigenvalue weighted by Gasteiger charge is 2.35. The Bertz CT molecular complexity index is 366. The van der Waals surface area contributed by atoms with Gasteiger partial charge in [0.05, 0.1) is 6.61 Å². The van der Waals surface area contributed by atoms with Crippen molar-refractivity contribution in [2.45, 2.75) is 25.2 Å². The van der Waals surface area contributed by atoms with E-state index in [2.05, 4.69) is 0 Å². The lowest BCUT2D eigenvalue weighted by atomic mass is 10.1. The average molecular weight is 236 g/mol. The Morgan fingerprint density at radius 1 is 1.29 bits per heavy atom. The van der Waals surface area contributed by atoms with E-state index in [1.807, 2.05) is 0 Å². The van der Waals surface area contributed by atoms with Gasteiger partial charge in [-0.25, -0.2) is 0 Å². The van der Waals surface area contributed by atoms with E-state index >= 15 is 0 Å². The van der Waals surface area contributed by atoms with Crippen LogP contribution in [0.5, 0.6) is 5.75 Å². The van der Waals surface area contributed by atoms with Gasteiger partial charge in [0.15, 0.2) is 0 Å². The van der Waals surface area contributed by atoms with E-state index in [4.69, 9.17) is 14.2 Å². The molecular formula is C13H16O4. The van der Waals surface area contributed by atoms with Crippen LogP contribution in [-0.2, 0) is 9.47 Å². The Morgan fingerprint density at radius 3 is 2.59 bits per heavy atom. The summed E-state index contributed by atoms with van der Waals surface area (Å²) in [5.41, 5.74) is 0.619. The van der Waals surface area contributed by atoms with Crippen LogP contribution < -0.4 is 4.74 Å². The monoisotopic (exact) mass is 236 g/mol. The van der Waals surface area contributed by atoms with Crippen molar-refractivity contribution in [3.05, 3.63) is 29.8 Å². The lowest BCUT2D eigenvalue weighted by molar-refractivity contribution is -0.347. The van der Waals surface area contributed by atoms with E-state index in [9.17, 15) is 4.79 Å². The van der Waals surface area contributed by atoms with Gasteiger partial charge in [-0.1, -0.05) is 0 Å². The summed E-state index contributed by atoms with van der Waals surface area (Å²) < 4.78 is 16.6. The quantitative estimate of drug-likeness (QED) is 0.594. The van der Waals surface area contributed by atoms with Gasteiger partial charge in [0.25, 0.3) is 0 Å². The van der Waals surface area contributed by atoms with E-state index < -0.39 is 5.97 Å². The molecule has 1 aromatic carbocycles. The van der Waals surface area contributed by atoms with Crippen molar-refractivity contribution in [3.8, 4) is 5.75 Å². The Morgan fingerprint density at radius 2 is 2.06 bits per heavy atom. The lowest BCUT2D eigenvalue weighted by Gasteiger charge is -2.35. The molecule has 92 valence electrons. The van der Waals surface area contributed by atoms with Gasteiger partial charge in [-0.05, 0) is 37.1 Å². The maximum Gasteiger partial charge on any atom is 0.326 e. The predicted molar refractivity (Wildman–Crippen MR) is 62.0 cm³/mol. The summed E-state index contributed by atoms with van der Waals surface area (Å²) >= 11 is 0. The van der Waals surface area contributed by atoms with E-state index in [1.165, 1.54) is 0 Å². The molecule has 1 aromatic rings. The number of methoxy groups -OCH3 is 1. The highest BCUT2D eigenvalue weighted by atomic mass is 16.9. The molecule has 1 heterocycles. The summed E-state index contributed by atoms with van der Waals surface area (Å²) in [7, 11) is 1.57. The molecule has 0 bridgehead atoms. The summed E-state index contributed by atoms with van der Waals surface area (Å²) in [4.78, 5) is 10.5. The van der Waals surface area contributed by atoms with Crippen molar-refractivity contribution in [2.24, 2.45) is 0 Å². The standard InChI is InChI=1S/C13H16O4/c1-15-13(8-2-3-9-16-13)17-12-6-4-11(10-14)5-7-12/h4-7,10H,2-3,8-9H2,1H3. The summed E-state index contributed by atoms with van der Waals surface area (Å²) in [5, 5.41) is 0. The fourth-order valence-corrected chi connectivity index (χ4v) is 1.82. The number of benzene rings is 1. The molecule has 0 spiro atoms. The second kappa shape index (κ2) is 5.29. The molecule has 1 aliphatic rings. The first-order valence-electron chi connectivity index (χ1n) is 5.71. The van der Waals surface area contributed by atoms with Crippen molar-refractivity contribution in [3.63, 3.8) is 0 Å². The number of carbonyl (C=O) groups excluding carboxylic acids is 1. The Balaban J connectivity index is 2.08. The van der Waals surface area contributed by atoms with Gasteiger partial charge >= 0.3 is 5.97 Å². The van der Waals surface area contributed by atoms with Crippen molar-refractivity contribution < 1.29 is 19.0 Å². The predicted octanol–water partition coefficient (Wildman–Crippen LogP) is 2.38. The molecular weight excluding hydrogens is 220 g/mol. The van der Waals surface area contributed by atoms with E-state index in [0.29, 0.717) is 24.3 Å². The van der Waals surface area contributed by atoms with Gasteiger partial charge in [0.2, 0.25) is 0 Å². The molecule has 1 unspecified atom stereocenters. The van der Waals surface area contributed by atoms with Crippen LogP contribution in [0, 0.1) is 0 Å². The zero-order valence-electron chi connectivity index (χ0n) is 9.85. The molecule has 0 saturated carbocycles. The smallest absolute Gasteiger partial charge is 0.326 e. The fourth-order valence-electron chi connectivity index (χ4n) is 1.82. The molecule has 1 fully saturated rings. The average Bonchev–Trinajstić information content (AvgIpc) is 2.41. The molecule has 0 radical (unpaired) electrons. The summed E-state index contributed by atoms with van der Waals surface area (Å²) in [6, 6.07) is 6.88. The lowest BCUT2D eigenvalue weighted by Crippen LogP contribution is -2.43. The van der Waals surface area contributed by atoms with Gasteiger partial charge in [-0.3, -0.25) is 4.79 Å². The highest BCUT2D eigenvalue weighted by Crippen LogP contribution is 2.29. The summed E-state index contributed by atoms with van der Waals surface area (Å²) in [6.07, 6.45) is 3.55. The van der Waals surface area contributed by atoms with Crippen molar-refractivity contribution >= 4 is 6.29 Å². The number of rotatable bonds is 4. The SMILES string of the molecule is COC1(Oc2ccc(C=O)cc2)CCCCO1. The topological polar surface area (TPSA) is 44.8 Å². The third-order valence-electron chi connectivity index (χ3n) is 2.80. The first-order valence-corrected chi connectivity index (χ1v) is 5.71. The van der Waals surface area contributed by atoms with Crippen LogP contribution in [0.2, 0.25) is 0 Å². The zero-order valence-corrected chi connectivity index (χ0v) is 9.85. The van der Waals surface area contributed by atoms with Crippen LogP contribution in [0.3, 0.4) is 0 Å². The van der Waals surface area contributed by atoms with E-state index in [0.717, 1.165) is 19.1 Å². The minimum atomic E-state index is -0.971. The Labute approximate surface area is 100 Å². The molecule has 2 rings (SSSR count). The molecule has 0 amide bonds. The molecule has 1 atom stereocenters. The molecule has 0 aliphatic carbocycles. The van der Waals surface area contributed by atoms with E-state index in [-0.39, 0.29) is 0 Å². The first kappa shape index (κ1) is 12.1. The van der Waals surface area contributed by atoms with Crippen LogP contribution in [-0.4, -0.2) is 26.0 Å². The van der Waals surface area contributed by atoms with Gasteiger partial charge in [0.1, 0.15) is 12.0 Å². The largest absolute Gasteiger partial charge is 0.439 e. The molecule has 1 saturated heterocycles. The third kappa shape index (κ3) is 2.84. The zero-order chi connectivity index (χ0) is 12.1. The number of ether oxygens (including phenoxy) is 3. The molecule has 4 heteroatoms. The molecule has 1 aliphatic heterocycles. The van der Waals surface area contributed by atoms with Gasteiger partial charge in [0, 0.05) is 19.1 Å².